The van der Waals surface area contributed by atoms with Crippen molar-refractivity contribution in [2.45, 2.75) is 0 Å². The first-order valence-electron chi connectivity index (χ1n) is 5.18. The highest BCUT2D eigenvalue weighted by Gasteiger charge is 2.11. The van der Waals surface area contributed by atoms with E-state index in [0.717, 1.165) is 16.0 Å². The zero-order valence-electron chi connectivity index (χ0n) is 9.11. The van der Waals surface area contributed by atoms with Gasteiger partial charge in [-0.15, -0.1) is 11.3 Å². The van der Waals surface area contributed by atoms with Crippen LogP contribution in [0.25, 0.3) is 21.3 Å². The van der Waals surface area contributed by atoms with Gasteiger partial charge in [-0.2, -0.15) is 4.98 Å². The van der Waals surface area contributed by atoms with Gasteiger partial charge in [0.1, 0.15) is 4.83 Å². The van der Waals surface area contributed by atoms with Gasteiger partial charge >= 0.3 is 0 Å². The maximum absolute atomic E-state index is 11.9. The zero-order chi connectivity index (χ0) is 12.7. The van der Waals surface area contributed by atoms with Crippen LogP contribution in [0.3, 0.4) is 0 Å². The fourth-order valence-electron chi connectivity index (χ4n) is 1.81. The SMILES string of the molecule is Nc1nc(=O)c2c(-c3ccc(Cl)cc3)csc2[nH]1. The van der Waals surface area contributed by atoms with E-state index in [1.165, 1.54) is 11.3 Å². The Hall–Kier alpha value is -1.85. The van der Waals surface area contributed by atoms with Gasteiger partial charge in [0, 0.05) is 16.0 Å². The molecular formula is C12H8ClN3OS. The Morgan fingerprint density at radius 2 is 2.00 bits per heavy atom. The molecule has 0 atom stereocenters. The summed E-state index contributed by atoms with van der Waals surface area (Å²) < 4.78 is 0. The molecule has 6 heteroatoms. The molecule has 0 aliphatic rings. The van der Waals surface area contributed by atoms with Crippen LogP contribution >= 0.6 is 22.9 Å². The highest BCUT2D eigenvalue weighted by atomic mass is 35.5. The summed E-state index contributed by atoms with van der Waals surface area (Å²) in [6, 6.07) is 7.33. The molecule has 18 heavy (non-hydrogen) atoms. The van der Waals surface area contributed by atoms with Crippen molar-refractivity contribution in [3.05, 3.63) is 45.0 Å². The second-order valence-electron chi connectivity index (χ2n) is 3.79. The van der Waals surface area contributed by atoms with E-state index in [4.69, 9.17) is 17.3 Å². The highest BCUT2D eigenvalue weighted by Crippen LogP contribution is 2.31. The lowest BCUT2D eigenvalue weighted by Crippen LogP contribution is -2.10. The third kappa shape index (κ3) is 1.77. The van der Waals surface area contributed by atoms with Crippen LogP contribution in [0.5, 0.6) is 0 Å². The normalized spacial score (nSPS) is 10.9. The summed E-state index contributed by atoms with van der Waals surface area (Å²) in [5, 5.41) is 3.14. The molecule has 2 heterocycles. The Morgan fingerprint density at radius 1 is 1.28 bits per heavy atom. The first kappa shape index (κ1) is 11.3. The number of rotatable bonds is 1. The average molecular weight is 278 g/mol. The van der Waals surface area contributed by atoms with Gasteiger partial charge in [0.2, 0.25) is 5.95 Å². The molecule has 4 nitrogen and oxygen atoms in total. The lowest BCUT2D eigenvalue weighted by molar-refractivity contribution is 1.20. The molecule has 3 N–H and O–H groups in total. The number of thiophene rings is 1. The molecule has 0 unspecified atom stereocenters. The number of aromatic nitrogens is 2. The Labute approximate surface area is 111 Å². The van der Waals surface area contributed by atoms with Crippen LogP contribution in [0.1, 0.15) is 0 Å². The molecule has 0 aliphatic heterocycles. The number of nitrogens with zero attached hydrogens (tertiary/aromatic N) is 1. The van der Waals surface area contributed by atoms with Crippen molar-refractivity contribution in [1.29, 1.82) is 0 Å². The molecule has 3 rings (SSSR count). The molecule has 0 amide bonds. The van der Waals surface area contributed by atoms with Gasteiger partial charge in [0.15, 0.2) is 0 Å². The van der Waals surface area contributed by atoms with Crippen LogP contribution in [0, 0.1) is 0 Å². The second-order valence-corrected chi connectivity index (χ2v) is 5.10. The standard InChI is InChI=1S/C12H8ClN3OS/c13-7-3-1-6(2-4-7)8-5-18-11-9(8)10(17)15-12(14)16-11/h1-5H,(H3,14,15,16,17). The topological polar surface area (TPSA) is 71.8 Å². The van der Waals surface area contributed by atoms with E-state index in [2.05, 4.69) is 9.97 Å². The number of nitrogen functional groups attached to an aromatic ring is 1. The van der Waals surface area contributed by atoms with E-state index in [0.29, 0.717) is 10.4 Å². The minimum absolute atomic E-state index is 0.136. The van der Waals surface area contributed by atoms with E-state index in [9.17, 15) is 4.79 Å². The van der Waals surface area contributed by atoms with Crippen molar-refractivity contribution in [3.8, 4) is 11.1 Å². The number of hydrogen-bond acceptors (Lipinski definition) is 4. The van der Waals surface area contributed by atoms with Crippen molar-refractivity contribution < 1.29 is 0 Å². The minimum Gasteiger partial charge on any atom is -0.369 e. The van der Waals surface area contributed by atoms with Crippen molar-refractivity contribution in [2.75, 3.05) is 5.73 Å². The smallest absolute Gasteiger partial charge is 0.283 e. The predicted molar refractivity (Wildman–Crippen MR) is 75.1 cm³/mol. The fraction of sp³-hybridized carbons (Fsp3) is 0. The molecule has 90 valence electrons. The first-order chi connectivity index (χ1) is 8.65. The summed E-state index contributed by atoms with van der Waals surface area (Å²) in [5.41, 5.74) is 6.98. The first-order valence-corrected chi connectivity index (χ1v) is 6.44. The zero-order valence-corrected chi connectivity index (χ0v) is 10.7. The average Bonchev–Trinajstić information content (AvgIpc) is 2.74. The predicted octanol–water partition coefficient (Wildman–Crippen LogP) is 2.89. The van der Waals surface area contributed by atoms with Gasteiger partial charge in [0.25, 0.3) is 5.56 Å². The summed E-state index contributed by atoms with van der Waals surface area (Å²) >= 11 is 7.28. The molecular weight excluding hydrogens is 270 g/mol. The Kier molecular flexibility index (Phi) is 2.57. The van der Waals surface area contributed by atoms with E-state index in [1.54, 1.807) is 12.1 Å². The number of nitrogens with one attached hydrogen (secondary N) is 1. The molecule has 0 fully saturated rings. The summed E-state index contributed by atoms with van der Waals surface area (Å²) in [5.74, 6) is 0.136. The van der Waals surface area contributed by atoms with Gasteiger partial charge in [-0.05, 0) is 17.7 Å². The van der Waals surface area contributed by atoms with Crippen molar-refractivity contribution >= 4 is 39.1 Å². The number of nitrogens with two attached hydrogens (primary N) is 1. The van der Waals surface area contributed by atoms with E-state index >= 15 is 0 Å². The summed E-state index contributed by atoms with van der Waals surface area (Å²) in [7, 11) is 0. The van der Waals surface area contributed by atoms with Crippen LogP contribution < -0.4 is 11.3 Å². The van der Waals surface area contributed by atoms with E-state index < -0.39 is 0 Å². The number of anilines is 1. The van der Waals surface area contributed by atoms with Crippen molar-refractivity contribution in [1.82, 2.24) is 9.97 Å². The molecule has 0 saturated heterocycles. The number of H-pyrrole nitrogens is 1. The van der Waals surface area contributed by atoms with Gasteiger partial charge in [-0.25, -0.2) is 0 Å². The van der Waals surface area contributed by atoms with Crippen LogP contribution in [0.2, 0.25) is 5.02 Å². The molecule has 0 aliphatic carbocycles. The van der Waals surface area contributed by atoms with Gasteiger partial charge in [0.05, 0.1) is 5.39 Å². The lowest BCUT2D eigenvalue weighted by Gasteiger charge is -1.99. The monoisotopic (exact) mass is 277 g/mol. The Balaban J connectivity index is 2.30. The van der Waals surface area contributed by atoms with E-state index in [1.807, 2.05) is 17.5 Å². The Morgan fingerprint density at radius 3 is 2.72 bits per heavy atom. The summed E-state index contributed by atoms with van der Waals surface area (Å²) in [4.78, 5) is 19.2. The number of aromatic amines is 1. The molecule has 0 radical (unpaired) electrons. The second kappa shape index (κ2) is 4.12. The third-order valence-electron chi connectivity index (χ3n) is 2.62. The van der Waals surface area contributed by atoms with Crippen molar-refractivity contribution in [2.24, 2.45) is 0 Å². The van der Waals surface area contributed by atoms with Crippen LogP contribution in [0.15, 0.2) is 34.4 Å². The molecule has 3 aromatic rings. The van der Waals surface area contributed by atoms with Gasteiger partial charge < -0.3 is 10.7 Å². The highest BCUT2D eigenvalue weighted by molar-refractivity contribution is 7.17. The molecule has 0 saturated carbocycles. The van der Waals surface area contributed by atoms with Crippen LogP contribution in [-0.2, 0) is 0 Å². The van der Waals surface area contributed by atoms with E-state index in [-0.39, 0.29) is 11.5 Å². The molecule has 0 spiro atoms. The molecule has 0 bridgehead atoms. The number of benzene rings is 1. The summed E-state index contributed by atoms with van der Waals surface area (Å²) in [6.45, 7) is 0. The van der Waals surface area contributed by atoms with Gasteiger partial charge in [-0.1, -0.05) is 23.7 Å². The van der Waals surface area contributed by atoms with Crippen LogP contribution in [0.4, 0.5) is 5.95 Å². The number of fused-ring (bicyclic) bond motifs is 1. The summed E-state index contributed by atoms with van der Waals surface area (Å²) in [6.07, 6.45) is 0. The lowest BCUT2D eigenvalue weighted by atomic mass is 10.1. The fourth-order valence-corrected chi connectivity index (χ4v) is 2.91. The van der Waals surface area contributed by atoms with Crippen molar-refractivity contribution in [3.63, 3.8) is 0 Å². The quantitative estimate of drug-likeness (QED) is 0.718. The maximum atomic E-state index is 11.9. The largest absolute Gasteiger partial charge is 0.369 e. The van der Waals surface area contributed by atoms with Crippen LogP contribution in [-0.4, -0.2) is 9.97 Å². The minimum atomic E-state index is -0.313. The number of halogens is 1. The van der Waals surface area contributed by atoms with Gasteiger partial charge in [-0.3, -0.25) is 4.79 Å². The number of hydrogen-bond donors (Lipinski definition) is 2. The Bertz CT molecular complexity index is 776. The molecule has 1 aromatic carbocycles. The molecule has 2 aromatic heterocycles. The third-order valence-corrected chi connectivity index (χ3v) is 3.77. The maximum Gasteiger partial charge on any atom is 0.283 e.